The number of carboxylic acid groups (broad SMARTS) is 1. The average Bonchev–Trinajstić information content (AvgIpc) is 2.15. The summed E-state index contributed by atoms with van der Waals surface area (Å²) in [7, 11) is 0. The Balaban J connectivity index is -0.000000980. The molecule has 0 aliphatic carbocycles. The van der Waals surface area contributed by atoms with E-state index in [-0.39, 0.29) is 30.9 Å². The highest BCUT2D eigenvalue weighted by Gasteiger charge is 2.12. The molecule has 0 rings (SSSR count). The van der Waals surface area contributed by atoms with Gasteiger partial charge in [0.15, 0.2) is 0 Å². The monoisotopic (exact) mass is 305 g/mol. The second-order valence-electron chi connectivity index (χ2n) is 3.31. The normalized spacial score (nSPS) is 14.2. The van der Waals surface area contributed by atoms with Crippen molar-refractivity contribution in [3.63, 3.8) is 0 Å². The van der Waals surface area contributed by atoms with Crippen LogP contribution in [-0.4, -0.2) is 40.5 Å². The van der Waals surface area contributed by atoms with Gasteiger partial charge in [-0.2, -0.15) is 11.8 Å². The Morgan fingerprint density at radius 3 is 2.29 bits per heavy atom. The molecule has 0 aromatic rings. The number of aliphatic carboxylic acids is 1. The van der Waals surface area contributed by atoms with Crippen molar-refractivity contribution in [3.05, 3.63) is 0 Å². The van der Waals surface area contributed by atoms with Gasteiger partial charge in [0.25, 0.3) is 0 Å². The third kappa shape index (κ3) is 12.1. The fraction of sp³-hybridized carbons (Fsp3) is 0.778. The van der Waals surface area contributed by atoms with Gasteiger partial charge in [-0.3, -0.25) is 9.79 Å². The van der Waals surface area contributed by atoms with Crippen molar-refractivity contribution in [3.8, 4) is 0 Å². The van der Waals surface area contributed by atoms with E-state index in [0.717, 1.165) is 12.2 Å². The van der Waals surface area contributed by atoms with E-state index in [1.807, 2.05) is 6.92 Å². The van der Waals surface area contributed by atoms with Crippen LogP contribution < -0.4 is 11.5 Å². The van der Waals surface area contributed by atoms with Crippen molar-refractivity contribution in [2.24, 2.45) is 16.5 Å². The Kier molecular flexibility index (Phi) is 15.9. The van der Waals surface area contributed by atoms with Crippen LogP contribution >= 0.6 is 36.6 Å². The van der Waals surface area contributed by atoms with E-state index in [2.05, 4.69) is 4.99 Å². The molecule has 0 aliphatic rings. The van der Waals surface area contributed by atoms with Crippen molar-refractivity contribution >= 4 is 48.4 Å². The first-order chi connectivity index (χ1) is 6.97. The number of nitrogens with zero attached hydrogens (tertiary/aromatic N) is 1. The molecule has 0 radical (unpaired) electrons. The minimum absolute atomic E-state index is 0. The lowest BCUT2D eigenvalue weighted by atomic mass is 10.3. The van der Waals surface area contributed by atoms with E-state index < -0.39 is 12.0 Å². The van der Waals surface area contributed by atoms with Crippen LogP contribution in [0.1, 0.15) is 20.3 Å². The zero-order chi connectivity index (χ0) is 11.8. The molecule has 0 aliphatic heterocycles. The summed E-state index contributed by atoms with van der Waals surface area (Å²) < 4.78 is 0. The number of carboxylic acids is 1. The van der Waals surface area contributed by atoms with Gasteiger partial charge in [-0.05, 0) is 13.3 Å². The summed E-state index contributed by atoms with van der Waals surface area (Å²) in [5, 5.41) is 8.56. The molecule has 5 N–H and O–H groups in total. The molecule has 0 aromatic heterocycles. The third-order valence-electron chi connectivity index (χ3n) is 1.78. The molecule has 0 saturated carbocycles. The summed E-state index contributed by atoms with van der Waals surface area (Å²) in [5.74, 6) is 0.760. The van der Waals surface area contributed by atoms with E-state index in [9.17, 15) is 4.79 Å². The Labute approximate surface area is 119 Å². The number of rotatable bonds is 7. The number of nitrogens with two attached hydrogens (primary N) is 2. The van der Waals surface area contributed by atoms with Crippen LogP contribution in [0, 0.1) is 0 Å². The zero-order valence-electron chi connectivity index (χ0n) is 9.96. The van der Waals surface area contributed by atoms with Gasteiger partial charge in [0, 0.05) is 11.5 Å². The highest BCUT2D eigenvalue weighted by atomic mass is 35.5. The number of amidine groups is 1. The van der Waals surface area contributed by atoms with Gasteiger partial charge in [0.1, 0.15) is 6.04 Å². The Morgan fingerprint density at radius 1 is 1.41 bits per heavy atom. The van der Waals surface area contributed by atoms with E-state index >= 15 is 0 Å². The average molecular weight is 306 g/mol. The standard InChI is InChI=1S/C9H19N3O2S.2ClH/c1-3-7(12-6(2)10)4-15-5-8(11)9(13)14;;/h7-8H,3-5,11H2,1-2H3,(H2,10,12)(H,13,14);2*1H/t7?,8-;;/m0../s1. The molecule has 0 fully saturated rings. The van der Waals surface area contributed by atoms with Crippen LogP contribution in [0.2, 0.25) is 0 Å². The predicted octanol–water partition coefficient (Wildman–Crippen LogP) is 1.13. The van der Waals surface area contributed by atoms with Crippen molar-refractivity contribution < 1.29 is 9.90 Å². The predicted molar refractivity (Wildman–Crippen MR) is 78.8 cm³/mol. The van der Waals surface area contributed by atoms with Crippen LogP contribution in [-0.2, 0) is 4.79 Å². The molecule has 0 saturated heterocycles. The van der Waals surface area contributed by atoms with Crippen molar-refractivity contribution in [2.75, 3.05) is 11.5 Å². The molecule has 5 nitrogen and oxygen atoms in total. The number of halogens is 2. The maximum atomic E-state index is 10.4. The van der Waals surface area contributed by atoms with E-state index in [0.29, 0.717) is 11.6 Å². The Bertz CT molecular complexity index is 238. The first-order valence-electron chi connectivity index (χ1n) is 4.83. The van der Waals surface area contributed by atoms with Crippen LogP contribution in [0.25, 0.3) is 0 Å². The van der Waals surface area contributed by atoms with Crippen molar-refractivity contribution in [2.45, 2.75) is 32.4 Å². The molecule has 2 atom stereocenters. The lowest BCUT2D eigenvalue weighted by molar-refractivity contribution is -0.137. The van der Waals surface area contributed by atoms with Crippen molar-refractivity contribution in [1.82, 2.24) is 0 Å². The summed E-state index contributed by atoms with van der Waals surface area (Å²) in [4.78, 5) is 14.7. The molecule has 8 heteroatoms. The van der Waals surface area contributed by atoms with E-state index in [1.54, 1.807) is 6.92 Å². The van der Waals surface area contributed by atoms with Crippen LogP contribution in [0.15, 0.2) is 4.99 Å². The molecule has 1 unspecified atom stereocenters. The fourth-order valence-corrected chi connectivity index (χ4v) is 2.05. The van der Waals surface area contributed by atoms with Crippen LogP contribution in [0.5, 0.6) is 0 Å². The molecule has 104 valence electrons. The topological polar surface area (TPSA) is 102 Å². The summed E-state index contributed by atoms with van der Waals surface area (Å²) in [5.41, 5.74) is 10.8. The van der Waals surface area contributed by atoms with E-state index in [1.165, 1.54) is 11.8 Å². The van der Waals surface area contributed by atoms with Gasteiger partial charge in [0.05, 0.1) is 11.9 Å². The fourth-order valence-electron chi connectivity index (χ4n) is 0.937. The van der Waals surface area contributed by atoms with Crippen molar-refractivity contribution in [1.29, 1.82) is 0 Å². The van der Waals surface area contributed by atoms with Crippen LogP contribution in [0.3, 0.4) is 0 Å². The summed E-state index contributed by atoms with van der Waals surface area (Å²) >= 11 is 1.50. The van der Waals surface area contributed by atoms with Gasteiger partial charge in [-0.1, -0.05) is 6.92 Å². The van der Waals surface area contributed by atoms with Gasteiger partial charge in [-0.25, -0.2) is 0 Å². The highest BCUT2D eigenvalue weighted by molar-refractivity contribution is 7.99. The Hall–Kier alpha value is -0.170. The molecule has 0 amide bonds. The minimum atomic E-state index is -0.964. The highest BCUT2D eigenvalue weighted by Crippen LogP contribution is 2.09. The first kappa shape index (κ1) is 22.0. The second-order valence-corrected chi connectivity index (χ2v) is 4.39. The summed E-state index contributed by atoms with van der Waals surface area (Å²) in [6.45, 7) is 3.77. The number of aliphatic imine (C=N–C) groups is 1. The van der Waals surface area contributed by atoms with Gasteiger partial charge < -0.3 is 16.6 Å². The summed E-state index contributed by atoms with van der Waals surface area (Å²) in [6, 6.07) is -0.642. The number of carbonyl (C=O) groups is 1. The number of thioether (sulfide) groups is 1. The maximum Gasteiger partial charge on any atom is 0.321 e. The van der Waals surface area contributed by atoms with Crippen LogP contribution in [0.4, 0.5) is 0 Å². The molecule has 0 spiro atoms. The molecular formula is C9H21Cl2N3O2S. The minimum Gasteiger partial charge on any atom is -0.480 e. The summed E-state index contributed by atoms with van der Waals surface area (Å²) in [6.07, 6.45) is 0.893. The molecule has 0 heterocycles. The van der Waals surface area contributed by atoms with Gasteiger partial charge in [-0.15, -0.1) is 24.8 Å². The first-order valence-corrected chi connectivity index (χ1v) is 5.98. The molecular weight excluding hydrogens is 285 g/mol. The largest absolute Gasteiger partial charge is 0.480 e. The maximum absolute atomic E-state index is 10.4. The van der Waals surface area contributed by atoms with E-state index in [4.69, 9.17) is 16.6 Å². The smallest absolute Gasteiger partial charge is 0.321 e. The second kappa shape index (κ2) is 12.3. The molecule has 0 bridgehead atoms. The zero-order valence-corrected chi connectivity index (χ0v) is 12.4. The SMILES string of the molecule is CCC(CSC[C@H](N)C(=O)O)N=C(C)N.Cl.Cl. The van der Waals surface area contributed by atoms with Gasteiger partial charge >= 0.3 is 5.97 Å². The molecule has 17 heavy (non-hydrogen) atoms. The number of hydrogen-bond acceptors (Lipinski definition) is 4. The Morgan fingerprint density at radius 2 is 1.94 bits per heavy atom. The number of hydrogen-bond donors (Lipinski definition) is 3. The third-order valence-corrected chi connectivity index (χ3v) is 3.00. The lowest BCUT2D eigenvalue weighted by Crippen LogP contribution is -2.33. The van der Waals surface area contributed by atoms with Gasteiger partial charge in [0.2, 0.25) is 0 Å². The molecule has 0 aromatic carbocycles. The lowest BCUT2D eigenvalue weighted by Gasteiger charge is -2.11. The quantitative estimate of drug-likeness (QED) is 0.483.